The maximum absolute atomic E-state index is 4.45. The quantitative estimate of drug-likeness (QED) is 0.787. The number of hydrogen-bond acceptors (Lipinski definition) is 5. The Morgan fingerprint density at radius 3 is 2.88 bits per heavy atom. The second kappa shape index (κ2) is 5.12. The third kappa shape index (κ3) is 2.41. The van der Waals surface area contributed by atoms with Gasteiger partial charge in [-0.05, 0) is 32.0 Å². The van der Waals surface area contributed by atoms with Crippen molar-refractivity contribution in [2.75, 3.05) is 37.4 Å². The predicted molar refractivity (Wildman–Crippen MR) is 65.9 cm³/mol. The molecule has 0 atom stereocenters. The molecule has 1 aliphatic rings. The minimum Gasteiger partial charge on any atom is -0.373 e. The minimum atomic E-state index is 0.549. The summed E-state index contributed by atoms with van der Waals surface area (Å²) in [7, 11) is 3.95. The van der Waals surface area contributed by atoms with Gasteiger partial charge in [-0.1, -0.05) is 0 Å². The highest BCUT2D eigenvalue weighted by Gasteiger charge is 2.19. The van der Waals surface area contributed by atoms with E-state index >= 15 is 0 Å². The van der Waals surface area contributed by atoms with Crippen LogP contribution in [-0.2, 0) is 0 Å². The summed E-state index contributed by atoms with van der Waals surface area (Å²) in [5, 5.41) is 6.40. The van der Waals surface area contributed by atoms with Crippen LogP contribution in [0.15, 0.2) is 12.3 Å². The van der Waals surface area contributed by atoms with Crippen molar-refractivity contribution in [3.05, 3.63) is 12.3 Å². The second-order valence-corrected chi connectivity index (χ2v) is 4.08. The zero-order valence-electron chi connectivity index (χ0n) is 9.90. The lowest BCUT2D eigenvalue weighted by atomic mass is 10.1. The van der Waals surface area contributed by atoms with Gasteiger partial charge in [-0.15, -0.1) is 0 Å². The van der Waals surface area contributed by atoms with E-state index in [4.69, 9.17) is 0 Å². The summed E-state index contributed by atoms with van der Waals surface area (Å²) in [5.74, 6) is 1.67. The summed E-state index contributed by atoms with van der Waals surface area (Å²) in [4.78, 5) is 10.9. The number of rotatable bonds is 3. The molecule has 0 radical (unpaired) electrons. The standard InChI is InChI=1S/C11H19N5/c1-12-10-5-8-14-11(15-10)16(2)9-3-6-13-7-4-9/h5,8-9,13H,3-4,6-7H2,1-2H3,(H,12,14,15). The van der Waals surface area contributed by atoms with Crippen molar-refractivity contribution in [1.82, 2.24) is 15.3 Å². The Kier molecular flexibility index (Phi) is 3.56. The molecule has 1 saturated heterocycles. The second-order valence-electron chi connectivity index (χ2n) is 4.08. The highest BCUT2D eigenvalue weighted by Crippen LogP contribution is 2.16. The predicted octanol–water partition coefficient (Wildman–Crippen LogP) is 0.706. The summed E-state index contributed by atoms with van der Waals surface area (Å²) in [6.07, 6.45) is 4.11. The third-order valence-electron chi connectivity index (χ3n) is 3.07. The molecule has 0 amide bonds. The molecule has 2 heterocycles. The van der Waals surface area contributed by atoms with Crippen LogP contribution in [0.1, 0.15) is 12.8 Å². The number of aromatic nitrogens is 2. The summed E-state index contributed by atoms with van der Waals surface area (Å²) in [5.41, 5.74) is 0. The van der Waals surface area contributed by atoms with Crippen LogP contribution >= 0.6 is 0 Å². The lowest BCUT2D eigenvalue weighted by molar-refractivity contribution is 0.440. The van der Waals surface area contributed by atoms with E-state index in [-0.39, 0.29) is 0 Å². The molecule has 5 nitrogen and oxygen atoms in total. The maximum atomic E-state index is 4.45. The van der Waals surface area contributed by atoms with Crippen molar-refractivity contribution in [3.8, 4) is 0 Å². The number of anilines is 2. The number of hydrogen-bond donors (Lipinski definition) is 2. The van der Waals surface area contributed by atoms with E-state index in [0.29, 0.717) is 6.04 Å². The Labute approximate surface area is 96.3 Å². The van der Waals surface area contributed by atoms with Crippen molar-refractivity contribution in [2.24, 2.45) is 0 Å². The van der Waals surface area contributed by atoms with Crippen LogP contribution in [0.25, 0.3) is 0 Å². The fourth-order valence-electron chi connectivity index (χ4n) is 2.01. The van der Waals surface area contributed by atoms with E-state index in [0.717, 1.165) is 37.7 Å². The van der Waals surface area contributed by atoms with Gasteiger partial charge in [0.05, 0.1) is 0 Å². The van der Waals surface area contributed by atoms with Gasteiger partial charge in [0.25, 0.3) is 0 Å². The van der Waals surface area contributed by atoms with Crippen molar-refractivity contribution < 1.29 is 0 Å². The molecule has 1 aliphatic heterocycles. The molecule has 2 rings (SSSR count). The lowest BCUT2D eigenvalue weighted by Gasteiger charge is -2.31. The molecule has 1 aromatic rings. The van der Waals surface area contributed by atoms with Gasteiger partial charge in [-0.2, -0.15) is 4.98 Å². The SMILES string of the molecule is CNc1ccnc(N(C)C2CCNCC2)n1. The molecule has 16 heavy (non-hydrogen) atoms. The van der Waals surface area contributed by atoms with Gasteiger partial charge < -0.3 is 15.5 Å². The highest BCUT2D eigenvalue weighted by molar-refractivity contribution is 5.40. The zero-order valence-corrected chi connectivity index (χ0v) is 9.90. The lowest BCUT2D eigenvalue weighted by Crippen LogP contribution is -2.41. The van der Waals surface area contributed by atoms with Gasteiger partial charge in [-0.25, -0.2) is 4.98 Å². The molecule has 0 unspecified atom stereocenters. The van der Waals surface area contributed by atoms with E-state index in [1.54, 1.807) is 6.20 Å². The molecule has 0 saturated carbocycles. The van der Waals surface area contributed by atoms with Crippen molar-refractivity contribution in [3.63, 3.8) is 0 Å². The van der Waals surface area contributed by atoms with E-state index in [1.807, 2.05) is 13.1 Å². The van der Waals surface area contributed by atoms with Gasteiger partial charge in [-0.3, -0.25) is 0 Å². The molecular weight excluding hydrogens is 202 g/mol. The summed E-state index contributed by atoms with van der Waals surface area (Å²) < 4.78 is 0. The third-order valence-corrected chi connectivity index (χ3v) is 3.07. The minimum absolute atomic E-state index is 0.549. The van der Waals surface area contributed by atoms with Crippen molar-refractivity contribution >= 4 is 11.8 Å². The average Bonchev–Trinajstić information content (AvgIpc) is 2.39. The number of nitrogens with zero attached hydrogens (tertiary/aromatic N) is 3. The van der Waals surface area contributed by atoms with E-state index in [2.05, 4.69) is 32.5 Å². The molecule has 0 aromatic carbocycles. The first-order valence-electron chi connectivity index (χ1n) is 5.75. The van der Waals surface area contributed by atoms with Gasteiger partial charge in [0.15, 0.2) is 0 Å². The fraction of sp³-hybridized carbons (Fsp3) is 0.636. The molecule has 1 fully saturated rings. The van der Waals surface area contributed by atoms with Crippen LogP contribution in [0, 0.1) is 0 Å². The Hall–Kier alpha value is -1.36. The first-order valence-corrected chi connectivity index (χ1v) is 5.75. The first-order chi connectivity index (χ1) is 7.81. The first kappa shape index (κ1) is 11.1. The van der Waals surface area contributed by atoms with Crippen LogP contribution in [0.3, 0.4) is 0 Å². The summed E-state index contributed by atoms with van der Waals surface area (Å²) >= 11 is 0. The van der Waals surface area contributed by atoms with Crippen molar-refractivity contribution in [1.29, 1.82) is 0 Å². The summed E-state index contributed by atoms with van der Waals surface area (Å²) in [6, 6.07) is 2.42. The van der Waals surface area contributed by atoms with Crippen molar-refractivity contribution in [2.45, 2.75) is 18.9 Å². The Morgan fingerprint density at radius 1 is 1.44 bits per heavy atom. The molecule has 88 valence electrons. The van der Waals surface area contributed by atoms with Gasteiger partial charge in [0.1, 0.15) is 5.82 Å². The van der Waals surface area contributed by atoms with Crippen LogP contribution in [-0.4, -0.2) is 43.2 Å². The van der Waals surface area contributed by atoms with Gasteiger partial charge in [0.2, 0.25) is 5.95 Å². The van der Waals surface area contributed by atoms with Gasteiger partial charge in [0, 0.05) is 26.3 Å². The Morgan fingerprint density at radius 2 is 2.19 bits per heavy atom. The molecule has 1 aromatic heterocycles. The monoisotopic (exact) mass is 221 g/mol. The molecule has 5 heteroatoms. The van der Waals surface area contributed by atoms with Crippen LogP contribution in [0.4, 0.5) is 11.8 Å². The Balaban J connectivity index is 2.09. The highest BCUT2D eigenvalue weighted by atomic mass is 15.3. The maximum Gasteiger partial charge on any atom is 0.227 e. The molecule has 0 bridgehead atoms. The van der Waals surface area contributed by atoms with Crippen LogP contribution < -0.4 is 15.5 Å². The number of nitrogens with one attached hydrogen (secondary N) is 2. The van der Waals surface area contributed by atoms with Crippen LogP contribution in [0.5, 0.6) is 0 Å². The largest absolute Gasteiger partial charge is 0.373 e. The number of piperidine rings is 1. The van der Waals surface area contributed by atoms with E-state index in [9.17, 15) is 0 Å². The van der Waals surface area contributed by atoms with Crippen LogP contribution in [0.2, 0.25) is 0 Å². The molecular formula is C11H19N5. The zero-order chi connectivity index (χ0) is 11.4. The van der Waals surface area contributed by atoms with Gasteiger partial charge >= 0.3 is 0 Å². The molecule has 0 aliphatic carbocycles. The normalized spacial score (nSPS) is 17.1. The smallest absolute Gasteiger partial charge is 0.227 e. The molecule has 2 N–H and O–H groups in total. The topological polar surface area (TPSA) is 53.1 Å². The summed E-state index contributed by atoms with van der Waals surface area (Å²) in [6.45, 7) is 2.17. The van der Waals surface area contributed by atoms with E-state index in [1.165, 1.54) is 0 Å². The molecule has 0 spiro atoms. The average molecular weight is 221 g/mol. The Bertz CT molecular complexity index is 335. The van der Waals surface area contributed by atoms with E-state index < -0.39 is 0 Å². The fourth-order valence-corrected chi connectivity index (χ4v) is 2.01.